The molecule has 0 heterocycles. The predicted molar refractivity (Wildman–Crippen MR) is 78.3 cm³/mol. The molecular formula is C15H22ClNO2. The fourth-order valence-corrected chi connectivity index (χ4v) is 1.81. The molecule has 106 valence electrons. The smallest absolute Gasteiger partial charge is 0.323 e. The zero-order valence-corrected chi connectivity index (χ0v) is 12.9. The topological polar surface area (TPSA) is 38.3 Å². The molecule has 1 aromatic rings. The number of carbonyl (C=O) groups is 1. The number of ether oxygens (including phenoxy) is 1. The highest BCUT2D eigenvalue weighted by Gasteiger charge is 2.22. The minimum atomic E-state index is -0.462. The minimum absolute atomic E-state index is 0.0554. The Morgan fingerprint density at radius 1 is 1.21 bits per heavy atom. The zero-order chi connectivity index (χ0) is 14.6. The van der Waals surface area contributed by atoms with Crippen LogP contribution < -0.4 is 5.32 Å². The molecule has 0 spiro atoms. The fraction of sp³-hybridized carbons (Fsp3) is 0.533. The van der Waals surface area contributed by atoms with E-state index in [9.17, 15) is 4.79 Å². The molecule has 19 heavy (non-hydrogen) atoms. The summed E-state index contributed by atoms with van der Waals surface area (Å²) in [4.78, 5) is 11.9. The van der Waals surface area contributed by atoms with Gasteiger partial charge in [-0.3, -0.25) is 10.1 Å². The SMILES string of the molecule is CC(N[C@@H](C)c1ccc(Cl)cc1)C(=O)OC(C)(C)C. The summed E-state index contributed by atoms with van der Waals surface area (Å²) >= 11 is 5.85. The van der Waals surface area contributed by atoms with Gasteiger partial charge < -0.3 is 4.74 Å². The number of nitrogens with one attached hydrogen (secondary N) is 1. The molecule has 2 atom stereocenters. The van der Waals surface area contributed by atoms with E-state index in [0.29, 0.717) is 5.02 Å². The van der Waals surface area contributed by atoms with Crippen LogP contribution in [0.5, 0.6) is 0 Å². The number of halogens is 1. The molecule has 1 rings (SSSR count). The van der Waals surface area contributed by atoms with Crippen LogP contribution in [0.4, 0.5) is 0 Å². The maximum atomic E-state index is 11.9. The summed E-state index contributed by atoms with van der Waals surface area (Å²) in [5, 5.41) is 3.93. The third-order valence-electron chi connectivity index (χ3n) is 2.63. The van der Waals surface area contributed by atoms with Crippen molar-refractivity contribution in [2.45, 2.75) is 52.3 Å². The van der Waals surface area contributed by atoms with Gasteiger partial charge >= 0.3 is 5.97 Å². The van der Waals surface area contributed by atoms with Crippen molar-refractivity contribution in [3.63, 3.8) is 0 Å². The number of benzene rings is 1. The minimum Gasteiger partial charge on any atom is -0.459 e. The molecule has 3 nitrogen and oxygen atoms in total. The van der Waals surface area contributed by atoms with E-state index >= 15 is 0 Å². The van der Waals surface area contributed by atoms with Gasteiger partial charge in [0.2, 0.25) is 0 Å². The lowest BCUT2D eigenvalue weighted by atomic mass is 10.1. The van der Waals surface area contributed by atoms with E-state index in [-0.39, 0.29) is 18.1 Å². The first-order valence-corrected chi connectivity index (χ1v) is 6.81. The van der Waals surface area contributed by atoms with Crippen molar-refractivity contribution in [1.82, 2.24) is 5.32 Å². The molecule has 0 aliphatic carbocycles. The molecule has 1 N–H and O–H groups in total. The molecular weight excluding hydrogens is 262 g/mol. The molecule has 0 saturated carbocycles. The van der Waals surface area contributed by atoms with Crippen molar-refractivity contribution in [3.05, 3.63) is 34.9 Å². The number of esters is 1. The largest absolute Gasteiger partial charge is 0.459 e. The number of hydrogen-bond acceptors (Lipinski definition) is 3. The first-order chi connectivity index (χ1) is 8.69. The molecule has 0 radical (unpaired) electrons. The Morgan fingerprint density at radius 2 is 1.74 bits per heavy atom. The maximum absolute atomic E-state index is 11.9. The number of hydrogen-bond donors (Lipinski definition) is 1. The van der Waals surface area contributed by atoms with Gasteiger partial charge in [-0.05, 0) is 52.3 Å². The highest BCUT2D eigenvalue weighted by Crippen LogP contribution is 2.17. The van der Waals surface area contributed by atoms with E-state index < -0.39 is 5.60 Å². The van der Waals surface area contributed by atoms with Gasteiger partial charge in [-0.15, -0.1) is 0 Å². The Labute approximate surface area is 120 Å². The average molecular weight is 284 g/mol. The summed E-state index contributed by atoms with van der Waals surface area (Å²) in [5.74, 6) is -0.242. The van der Waals surface area contributed by atoms with Gasteiger partial charge in [0.25, 0.3) is 0 Å². The monoisotopic (exact) mass is 283 g/mol. The summed E-state index contributed by atoms with van der Waals surface area (Å²) in [5.41, 5.74) is 0.621. The third-order valence-corrected chi connectivity index (χ3v) is 2.88. The summed E-state index contributed by atoms with van der Waals surface area (Å²) in [6.45, 7) is 9.39. The highest BCUT2D eigenvalue weighted by atomic mass is 35.5. The van der Waals surface area contributed by atoms with Gasteiger partial charge in [0.05, 0.1) is 0 Å². The molecule has 0 amide bonds. The summed E-state index contributed by atoms with van der Waals surface area (Å²) < 4.78 is 5.33. The third kappa shape index (κ3) is 5.62. The fourth-order valence-electron chi connectivity index (χ4n) is 1.68. The van der Waals surface area contributed by atoms with Crippen LogP contribution in [0, 0.1) is 0 Å². The number of rotatable bonds is 4. The average Bonchev–Trinajstić information content (AvgIpc) is 2.27. The molecule has 0 bridgehead atoms. The predicted octanol–water partition coefficient (Wildman–Crippen LogP) is 3.72. The summed E-state index contributed by atoms with van der Waals surface area (Å²) in [7, 11) is 0. The van der Waals surface area contributed by atoms with Crippen LogP contribution in [0.15, 0.2) is 24.3 Å². The standard InChI is InChI=1S/C15H22ClNO2/c1-10(12-6-8-13(16)9-7-12)17-11(2)14(18)19-15(3,4)5/h6-11,17H,1-5H3/t10-,11?/m0/s1. The molecule has 0 aliphatic heterocycles. The van der Waals surface area contributed by atoms with Crippen molar-refractivity contribution in [2.75, 3.05) is 0 Å². The van der Waals surface area contributed by atoms with Crippen molar-refractivity contribution in [1.29, 1.82) is 0 Å². The van der Waals surface area contributed by atoms with E-state index in [4.69, 9.17) is 16.3 Å². The Morgan fingerprint density at radius 3 is 2.21 bits per heavy atom. The lowest BCUT2D eigenvalue weighted by Gasteiger charge is -2.24. The highest BCUT2D eigenvalue weighted by molar-refractivity contribution is 6.30. The Balaban J connectivity index is 2.59. The molecule has 0 saturated heterocycles. The van der Waals surface area contributed by atoms with Crippen molar-refractivity contribution < 1.29 is 9.53 Å². The van der Waals surface area contributed by atoms with Gasteiger partial charge in [0.1, 0.15) is 11.6 Å². The van der Waals surface area contributed by atoms with Crippen molar-refractivity contribution >= 4 is 17.6 Å². The normalized spacial score (nSPS) is 14.8. The van der Waals surface area contributed by atoms with Crippen LogP contribution in [-0.2, 0) is 9.53 Å². The first-order valence-electron chi connectivity index (χ1n) is 6.43. The molecule has 1 aromatic carbocycles. The maximum Gasteiger partial charge on any atom is 0.323 e. The van der Waals surface area contributed by atoms with Gasteiger partial charge in [0, 0.05) is 11.1 Å². The van der Waals surface area contributed by atoms with Gasteiger partial charge in [-0.25, -0.2) is 0 Å². The second-order valence-corrected chi connectivity index (χ2v) is 6.13. The van der Waals surface area contributed by atoms with Gasteiger partial charge in [0.15, 0.2) is 0 Å². The molecule has 1 unspecified atom stereocenters. The Kier molecular flexibility index (Phi) is 5.39. The van der Waals surface area contributed by atoms with Crippen LogP contribution in [0.25, 0.3) is 0 Å². The van der Waals surface area contributed by atoms with Crippen molar-refractivity contribution in [3.8, 4) is 0 Å². The molecule has 0 aromatic heterocycles. The van der Waals surface area contributed by atoms with Gasteiger partial charge in [-0.2, -0.15) is 0 Å². The van der Waals surface area contributed by atoms with Gasteiger partial charge in [-0.1, -0.05) is 23.7 Å². The van der Waals surface area contributed by atoms with E-state index in [2.05, 4.69) is 5.32 Å². The van der Waals surface area contributed by atoms with Crippen LogP contribution in [0.3, 0.4) is 0 Å². The van der Waals surface area contributed by atoms with Crippen molar-refractivity contribution in [2.24, 2.45) is 0 Å². The van der Waals surface area contributed by atoms with E-state index in [1.54, 1.807) is 6.92 Å². The second kappa shape index (κ2) is 6.40. The Hall–Kier alpha value is -1.06. The van der Waals surface area contributed by atoms with Crippen LogP contribution in [0.2, 0.25) is 5.02 Å². The van der Waals surface area contributed by atoms with Crippen LogP contribution in [0.1, 0.15) is 46.2 Å². The number of carbonyl (C=O) groups excluding carboxylic acids is 1. The quantitative estimate of drug-likeness (QED) is 0.856. The second-order valence-electron chi connectivity index (χ2n) is 5.70. The van der Waals surface area contributed by atoms with Crippen LogP contribution >= 0.6 is 11.6 Å². The van der Waals surface area contributed by atoms with E-state index in [0.717, 1.165) is 5.56 Å². The zero-order valence-electron chi connectivity index (χ0n) is 12.2. The van der Waals surface area contributed by atoms with E-state index in [1.165, 1.54) is 0 Å². The Bertz CT molecular complexity index is 423. The van der Waals surface area contributed by atoms with E-state index in [1.807, 2.05) is 52.0 Å². The first kappa shape index (κ1) is 16.0. The van der Waals surface area contributed by atoms with Crippen LogP contribution in [-0.4, -0.2) is 17.6 Å². The lowest BCUT2D eigenvalue weighted by molar-refractivity contribution is -0.157. The molecule has 4 heteroatoms. The molecule has 0 fully saturated rings. The summed E-state index contributed by atoms with van der Waals surface area (Å²) in [6, 6.07) is 7.27. The summed E-state index contributed by atoms with van der Waals surface area (Å²) in [6.07, 6.45) is 0. The molecule has 0 aliphatic rings. The lowest BCUT2D eigenvalue weighted by Crippen LogP contribution is -2.40.